The number of thioether (sulfide) groups is 1. The molecule has 7 nitrogen and oxygen atoms in total. The van der Waals surface area contributed by atoms with Gasteiger partial charge >= 0.3 is 17.6 Å². The normalized spacial score (nSPS) is 19.1. The number of hydrogen-bond donors (Lipinski definition) is 3. The van der Waals surface area contributed by atoms with Crippen molar-refractivity contribution in [3.63, 3.8) is 0 Å². The maximum absolute atomic E-state index is 13.4. The Kier molecular flexibility index (Phi) is 9.19. The molecule has 198 valence electrons. The fourth-order valence-corrected chi connectivity index (χ4v) is 4.64. The Morgan fingerprint density at radius 3 is 2.47 bits per heavy atom. The van der Waals surface area contributed by atoms with E-state index in [1.54, 1.807) is 11.0 Å². The molecule has 1 saturated heterocycles. The number of allylic oxidation sites excluding steroid dienone is 1. The quantitative estimate of drug-likeness (QED) is 0.362. The topological polar surface area (TPSA) is 94.0 Å². The van der Waals surface area contributed by atoms with Crippen molar-refractivity contribution in [1.29, 1.82) is 0 Å². The zero-order valence-corrected chi connectivity index (χ0v) is 19.7. The average molecular weight is 539 g/mol. The van der Waals surface area contributed by atoms with Gasteiger partial charge in [-0.3, -0.25) is 14.5 Å². The Morgan fingerprint density at radius 2 is 1.86 bits per heavy atom. The number of benzene rings is 1. The first-order chi connectivity index (χ1) is 16.9. The standard InChI is InChI=1S/C22H24F6N4O3S/c23-21(24,25)15-2-1-14(16(10-15)22(26,27)28)12-32-6-3-13(4-7-32)9-17-19(31-20(35)36-17)30-18(34)11-29-5-8-33/h1-2,9-10,13,29,33H,3-8,11-12H2,(H,30,31,34,35)/b17-9-. The van der Waals surface area contributed by atoms with Crippen molar-refractivity contribution < 1.29 is 41.0 Å². The first-order valence-electron chi connectivity index (χ1n) is 11.0. The predicted molar refractivity (Wildman–Crippen MR) is 121 cm³/mol. The van der Waals surface area contributed by atoms with Crippen molar-refractivity contribution in [2.45, 2.75) is 31.7 Å². The summed E-state index contributed by atoms with van der Waals surface area (Å²) in [5, 5.41) is 13.5. The van der Waals surface area contributed by atoms with Crippen LogP contribution in [0.5, 0.6) is 0 Å². The molecule has 0 spiro atoms. The van der Waals surface area contributed by atoms with Crippen LogP contribution in [0, 0.1) is 5.92 Å². The van der Waals surface area contributed by atoms with E-state index in [0.717, 1.165) is 17.8 Å². The average Bonchev–Trinajstić information content (AvgIpc) is 3.12. The molecule has 3 rings (SSSR count). The lowest BCUT2D eigenvalue weighted by atomic mass is 9.95. The summed E-state index contributed by atoms with van der Waals surface area (Å²) in [6, 6.07) is 1.68. The summed E-state index contributed by atoms with van der Waals surface area (Å²) in [6.07, 6.45) is -6.91. The molecule has 0 aliphatic carbocycles. The first kappa shape index (κ1) is 28.2. The highest BCUT2D eigenvalue weighted by Crippen LogP contribution is 2.38. The molecule has 14 heteroatoms. The fraction of sp³-hybridized carbons (Fsp3) is 0.500. The molecule has 3 N–H and O–H groups in total. The van der Waals surface area contributed by atoms with Gasteiger partial charge in [0.25, 0.3) is 0 Å². The van der Waals surface area contributed by atoms with Gasteiger partial charge in [0.15, 0.2) is 5.84 Å². The lowest BCUT2D eigenvalue weighted by molar-refractivity contribution is -0.143. The number of carbonyl (C=O) groups is 2. The first-order valence-corrected chi connectivity index (χ1v) is 11.8. The SMILES string of the molecule is O=C(CNCCO)NC1=NC(=O)S/C1=C\C1CCN(Cc2ccc(C(F)(F)F)cc2C(F)(F)F)CC1. The largest absolute Gasteiger partial charge is 0.416 e. The fourth-order valence-electron chi connectivity index (χ4n) is 3.86. The van der Waals surface area contributed by atoms with E-state index in [-0.39, 0.29) is 49.6 Å². The van der Waals surface area contributed by atoms with Crippen molar-refractivity contribution in [3.8, 4) is 0 Å². The number of carbonyl (C=O) groups excluding carboxylic acids is 2. The van der Waals surface area contributed by atoms with Gasteiger partial charge in [-0.05, 0) is 61.3 Å². The minimum absolute atomic E-state index is 0.0287. The van der Waals surface area contributed by atoms with Gasteiger partial charge in [-0.25, -0.2) is 0 Å². The number of hydrogen-bond acceptors (Lipinski definition) is 6. The molecule has 0 saturated carbocycles. The number of rotatable bonds is 7. The molecule has 2 amide bonds. The van der Waals surface area contributed by atoms with Crippen LogP contribution in [0.15, 0.2) is 34.2 Å². The highest BCUT2D eigenvalue weighted by atomic mass is 32.2. The molecule has 1 fully saturated rings. The van der Waals surface area contributed by atoms with Crippen LogP contribution in [0.2, 0.25) is 0 Å². The summed E-state index contributed by atoms with van der Waals surface area (Å²) in [6.45, 7) is 0.667. The second-order valence-electron chi connectivity index (χ2n) is 8.29. The number of amides is 2. The third kappa shape index (κ3) is 7.79. The van der Waals surface area contributed by atoms with E-state index in [4.69, 9.17) is 5.11 Å². The summed E-state index contributed by atoms with van der Waals surface area (Å²) in [5.41, 5.74) is -2.87. The van der Waals surface area contributed by atoms with Crippen LogP contribution in [-0.4, -0.2) is 59.8 Å². The third-order valence-corrected chi connectivity index (χ3v) is 6.44. The van der Waals surface area contributed by atoms with Crippen molar-refractivity contribution in [2.24, 2.45) is 10.9 Å². The van der Waals surface area contributed by atoms with E-state index in [1.807, 2.05) is 0 Å². The molecule has 0 aromatic heterocycles. The highest BCUT2D eigenvalue weighted by Gasteiger charge is 2.38. The molecular weight excluding hydrogens is 514 g/mol. The minimum Gasteiger partial charge on any atom is -0.395 e. The second-order valence-corrected chi connectivity index (χ2v) is 9.28. The van der Waals surface area contributed by atoms with Gasteiger partial charge in [-0.1, -0.05) is 12.1 Å². The van der Waals surface area contributed by atoms with E-state index in [9.17, 15) is 35.9 Å². The summed E-state index contributed by atoms with van der Waals surface area (Å²) < 4.78 is 79.0. The predicted octanol–water partition coefficient (Wildman–Crippen LogP) is 3.78. The van der Waals surface area contributed by atoms with Gasteiger partial charge in [-0.15, -0.1) is 0 Å². The van der Waals surface area contributed by atoms with Gasteiger partial charge in [0, 0.05) is 13.1 Å². The van der Waals surface area contributed by atoms with Crippen molar-refractivity contribution in [1.82, 2.24) is 15.5 Å². The Bertz CT molecular complexity index is 1030. The summed E-state index contributed by atoms with van der Waals surface area (Å²) >= 11 is 0.862. The summed E-state index contributed by atoms with van der Waals surface area (Å²) in [7, 11) is 0. The Balaban J connectivity index is 1.61. The lowest BCUT2D eigenvalue weighted by Crippen LogP contribution is -2.38. The Morgan fingerprint density at radius 1 is 1.17 bits per heavy atom. The van der Waals surface area contributed by atoms with Crippen LogP contribution in [0.4, 0.5) is 31.1 Å². The summed E-state index contributed by atoms with van der Waals surface area (Å²) in [4.78, 5) is 29.8. The van der Waals surface area contributed by atoms with Crippen LogP contribution in [0.1, 0.15) is 29.5 Å². The maximum atomic E-state index is 13.4. The van der Waals surface area contributed by atoms with Gasteiger partial charge < -0.3 is 15.7 Å². The van der Waals surface area contributed by atoms with E-state index in [1.165, 1.54) is 0 Å². The molecule has 0 atom stereocenters. The van der Waals surface area contributed by atoms with Crippen LogP contribution in [0.3, 0.4) is 0 Å². The maximum Gasteiger partial charge on any atom is 0.416 e. The van der Waals surface area contributed by atoms with Gasteiger partial charge in [0.05, 0.1) is 29.2 Å². The molecular formula is C22H24F6N4O3S. The number of likely N-dealkylation sites (tertiary alicyclic amines) is 1. The minimum atomic E-state index is -4.92. The molecule has 2 aliphatic rings. The van der Waals surface area contributed by atoms with Gasteiger partial charge in [0.1, 0.15) is 0 Å². The number of aliphatic imine (C=N–C) groups is 1. The molecule has 0 bridgehead atoms. The number of nitrogens with one attached hydrogen (secondary N) is 2. The number of nitrogens with zero attached hydrogens (tertiary/aromatic N) is 2. The van der Waals surface area contributed by atoms with E-state index in [0.29, 0.717) is 36.9 Å². The number of halogens is 6. The smallest absolute Gasteiger partial charge is 0.395 e. The van der Waals surface area contributed by atoms with Crippen molar-refractivity contribution >= 4 is 28.7 Å². The summed E-state index contributed by atoms with van der Waals surface area (Å²) in [5.74, 6) is -0.336. The Hall–Kier alpha value is -2.42. The molecule has 0 radical (unpaired) electrons. The van der Waals surface area contributed by atoms with Crippen LogP contribution >= 0.6 is 11.8 Å². The molecule has 1 aromatic rings. The molecule has 36 heavy (non-hydrogen) atoms. The molecule has 2 heterocycles. The molecule has 2 aliphatic heterocycles. The zero-order chi connectivity index (χ0) is 26.5. The monoisotopic (exact) mass is 538 g/mol. The van der Waals surface area contributed by atoms with Crippen LogP contribution < -0.4 is 10.6 Å². The third-order valence-electron chi connectivity index (χ3n) is 5.62. The van der Waals surface area contributed by atoms with E-state index in [2.05, 4.69) is 15.6 Å². The van der Waals surface area contributed by atoms with E-state index >= 15 is 0 Å². The van der Waals surface area contributed by atoms with Crippen LogP contribution in [-0.2, 0) is 23.7 Å². The second kappa shape index (κ2) is 11.8. The highest BCUT2D eigenvalue weighted by molar-refractivity contribution is 8.18. The number of alkyl halides is 6. The Labute approximate surface area is 207 Å². The number of aliphatic hydroxyl groups is 1. The number of piperidine rings is 1. The van der Waals surface area contributed by atoms with Gasteiger partial charge in [-0.2, -0.15) is 31.3 Å². The van der Waals surface area contributed by atoms with E-state index < -0.39 is 34.6 Å². The van der Waals surface area contributed by atoms with Crippen LogP contribution in [0.25, 0.3) is 0 Å². The van der Waals surface area contributed by atoms with Crippen molar-refractivity contribution in [3.05, 3.63) is 45.9 Å². The molecule has 0 unspecified atom stereocenters. The van der Waals surface area contributed by atoms with Gasteiger partial charge in [0.2, 0.25) is 5.91 Å². The number of aliphatic hydroxyl groups excluding tert-OH is 1. The zero-order valence-electron chi connectivity index (χ0n) is 18.9. The lowest BCUT2D eigenvalue weighted by Gasteiger charge is -2.31. The van der Waals surface area contributed by atoms with Crippen molar-refractivity contribution in [2.75, 3.05) is 32.8 Å². The number of amidine groups is 1. The molecule has 1 aromatic carbocycles.